The lowest BCUT2D eigenvalue weighted by Crippen LogP contribution is -2.27. The van der Waals surface area contributed by atoms with Gasteiger partial charge in [0.25, 0.3) is 0 Å². The van der Waals surface area contributed by atoms with E-state index in [4.69, 9.17) is 15.3 Å². The van der Waals surface area contributed by atoms with E-state index in [1.54, 1.807) is 6.92 Å². The van der Waals surface area contributed by atoms with Gasteiger partial charge in [-0.15, -0.1) is 11.3 Å². The summed E-state index contributed by atoms with van der Waals surface area (Å²) in [6, 6.07) is 18.6. The number of hydrogen-bond donors (Lipinski definition) is 2. The molecule has 3 aromatic rings. The van der Waals surface area contributed by atoms with Gasteiger partial charge in [-0.25, -0.2) is 14.6 Å². The van der Waals surface area contributed by atoms with Gasteiger partial charge in [0.15, 0.2) is 11.2 Å². The molecule has 1 atom stereocenters. The maximum absolute atomic E-state index is 12.9. The van der Waals surface area contributed by atoms with E-state index in [0.29, 0.717) is 0 Å². The first-order valence-corrected chi connectivity index (χ1v) is 10.4. The number of carboxylic acids is 1. The summed E-state index contributed by atoms with van der Waals surface area (Å²) in [6.45, 7) is 1.71. The fraction of sp³-hybridized carbons (Fsp3) is 0.182. The van der Waals surface area contributed by atoms with E-state index in [9.17, 15) is 14.7 Å². The third kappa shape index (κ3) is 5.67. The zero-order valence-corrected chi connectivity index (χ0v) is 17.5. The molecule has 2 aromatic carbocycles. The van der Waals surface area contributed by atoms with Crippen LogP contribution in [0.5, 0.6) is 0 Å². The summed E-state index contributed by atoms with van der Waals surface area (Å²) < 4.78 is 5.76. The molecule has 1 unspecified atom stereocenters. The Balaban J connectivity index is 1.80. The quantitative estimate of drug-likeness (QED) is 0.296. The van der Waals surface area contributed by atoms with Crippen LogP contribution in [-0.4, -0.2) is 33.8 Å². The van der Waals surface area contributed by atoms with E-state index in [1.807, 2.05) is 60.7 Å². The number of carbonyl (C=O) groups excluding carboxylic acids is 1. The molecule has 0 spiro atoms. The second-order valence-corrected chi connectivity index (χ2v) is 7.35. The molecule has 0 aliphatic carbocycles. The molecule has 3 N–H and O–H groups in total. The summed E-state index contributed by atoms with van der Waals surface area (Å²) in [5.41, 5.74) is 6.77. The molecule has 0 saturated carbocycles. The van der Waals surface area contributed by atoms with Crippen molar-refractivity contribution in [2.75, 3.05) is 5.73 Å². The van der Waals surface area contributed by atoms with E-state index in [1.165, 1.54) is 5.38 Å². The SMILES string of the molecule is CCC(O/N=C(\C(=O)O)c1csc(N)n1)C(=O)OC(c1ccccc1)c1ccccc1. The van der Waals surface area contributed by atoms with E-state index < -0.39 is 29.9 Å². The van der Waals surface area contributed by atoms with Crippen molar-refractivity contribution in [3.8, 4) is 0 Å². The molecule has 0 bridgehead atoms. The molecule has 1 heterocycles. The van der Waals surface area contributed by atoms with E-state index >= 15 is 0 Å². The largest absolute Gasteiger partial charge is 0.476 e. The van der Waals surface area contributed by atoms with Gasteiger partial charge < -0.3 is 20.4 Å². The number of nitrogens with two attached hydrogens (primary N) is 1. The van der Waals surface area contributed by atoms with Crippen LogP contribution in [0.4, 0.5) is 5.13 Å². The third-order valence-corrected chi connectivity index (χ3v) is 4.98. The summed E-state index contributed by atoms with van der Waals surface area (Å²) in [4.78, 5) is 33.5. The van der Waals surface area contributed by atoms with Crippen LogP contribution in [0.2, 0.25) is 0 Å². The topological polar surface area (TPSA) is 124 Å². The van der Waals surface area contributed by atoms with Gasteiger partial charge in [-0.1, -0.05) is 72.7 Å². The van der Waals surface area contributed by atoms with Gasteiger partial charge >= 0.3 is 11.9 Å². The minimum atomic E-state index is -1.35. The van der Waals surface area contributed by atoms with Crippen LogP contribution in [0.25, 0.3) is 0 Å². The van der Waals surface area contributed by atoms with Crippen molar-refractivity contribution in [1.82, 2.24) is 4.98 Å². The molecule has 0 fully saturated rings. The zero-order chi connectivity index (χ0) is 22.2. The summed E-state index contributed by atoms with van der Waals surface area (Å²) in [6.07, 6.45) is -1.51. The fourth-order valence-corrected chi connectivity index (χ4v) is 3.32. The first kappa shape index (κ1) is 22.0. The van der Waals surface area contributed by atoms with Gasteiger partial charge in [0.2, 0.25) is 11.8 Å². The number of hydrogen-bond acceptors (Lipinski definition) is 8. The molecule has 160 valence electrons. The van der Waals surface area contributed by atoms with E-state index in [-0.39, 0.29) is 17.2 Å². The highest BCUT2D eigenvalue weighted by Crippen LogP contribution is 2.27. The molecule has 3 rings (SSSR count). The zero-order valence-electron chi connectivity index (χ0n) is 16.7. The molecule has 1 aromatic heterocycles. The standard InChI is InChI=1S/C22H21N3O5S/c1-2-17(30-25-18(20(26)27)16-13-31-22(23)24-16)21(28)29-19(14-9-5-3-6-10-14)15-11-7-4-8-12-15/h3-13,17,19H,2H2,1H3,(H2,23,24)(H,26,27)/b25-18-. The Kier molecular flexibility index (Phi) is 7.34. The van der Waals surface area contributed by atoms with Gasteiger partial charge in [0, 0.05) is 5.38 Å². The number of esters is 1. The number of aliphatic carboxylic acids is 1. The van der Waals surface area contributed by atoms with E-state index in [0.717, 1.165) is 22.5 Å². The number of aromatic nitrogens is 1. The minimum Gasteiger partial charge on any atom is -0.476 e. The van der Waals surface area contributed by atoms with Gasteiger partial charge in [0.1, 0.15) is 5.69 Å². The lowest BCUT2D eigenvalue weighted by molar-refractivity contribution is -0.161. The molecular formula is C22H21N3O5S. The van der Waals surface area contributed by atoms with Crippen LogP contribution in [-0.2, 0) is 19.2 Å². The highest BCUT2D eigenvalue weighted by atomic mass is 32.1. The van der Waals surface area contributed by atoms with Crippen molar-refractivity contribution < 1.29 is 24.3 Å². The number of benzene rings is 2. The summed E-state index contributed by atoms with van der Waals surface area (Å²) in [7, 11) is 0. The normalized spacial score (nSPS) is 12.4. The Morgan fingerprint density at radius 3 is 2.13 bits per heavy atom. The van der Waals surface area contributed by atoms with Crippen molar-refractivity contribution in [1.29, 1.82) is 0 Å². The Bertz CT molecular complexity index is 1010. The number of nitrogens with zero attached hydrogens (tertiary/aromatic N) is 2. The van der Waals surface area contributed by atoms with Crippen molar-refractivity contribution >= 4 is 34.1 Å². The molecule has 0 amide bonds. The Hall–Kier alpha value is -3.72. The predicted molar refractivity (Wildman–Crippen MR) is 117 cm³/mol. The van der Waals surface area contributed by atoms with Crippen molar-refractivity contribution in [3.63, 3.8) is 0 Å². The molecule has 9 heteroatoms. The van der Waals surface area contributed by atoms with Crippen LogP contribution in [0.1, 0.15) is 36.3 Å². The second kappa shape index (κ2) is 10.4. The van der Waals surface area contributed by atoms with Crippen molar-refractivity contribution in [2.45, 2.75) is 25.6 Å². The van der Waals surface area contributed by atoms with Crippen LogP contribution in [0.3, 0.4) is 0 Å². The number of thiazole rings is 1. The Labute approximate surface area is 182 Å². The molecule has 0 saturated heterocycles. The lowest BCUT2D eigenvalue weighted by atomic mass is 10.0. The summed E-state index contributed by atoms with van der Waals surface area (Å²) in [5, 5.41) is 14.7. The molecular weight excluding hydrogens is 418 g/mol. The number of ether oxygens (including phenoxy) is 1. The Morgan fingerprint density at radius 1 is 1.10 bits per heavy atom. The molecule has 0 radical (unpaired) electrons. The number of rotatable bonds is 9. The lowest BCUT2D eigenvalue weighted by Gasteiger charge is -2.21. The predicted octanol–water partition coefficient (Wildman–Crippen LogP) is 3.64. The van der Waals surface area contributed by atoms with Gasteiger partial charge in [-0.3, -0.25) is 0 Å². The number of carbonyl (C=O) groups is 2. The van der Waals surface area contributed by atoms with Crippen LogP contribution in [0.15, 0.2) is 71.2 Å². The smallest absolute Gasteiger partial charge is 0.360 e. The number of anilines is 1. The first-order valence-electron chi connectivity index (χ1n) is 9.48. The molecule has 8 nitrogen and oxygen atoms in total. The van der Waals surface area contributed by atoms with Crippen molar-refractivity contribution in [3.05, 3.63) is 82.9 Å². The average Bonchev–Trinajstić information content (AvgIpc) is 3.21. The summed E-state index contributed by atoms with van der Waals surface area (Å²) >= 11 is 1.08. The van der Waals surface area contributed by atoms with Gasteiger partial charge in [0.05, 0.1) is 0 Å². The molecule has 0 aliphatic heterocycles. The highest BCUT2D eigenvalue weighted by Gasteiger charge is 2.27. The number of carboxylic acid groups (broad SMARTS) is 1. The van der Waals surface area contributed by atoms with Crippen LogP contribution in [0, 0.1) is 0 Å². The molecule has 0 aliphatic rings. The number of oxime groups is 1. The van der Waals surface area contributed by atoms with Gasteiger partial charge in [-0.2, -0.15) is 0 Å². The minimum absolute atomic E-state index is 0.0599. The van der Waals surface area contributed by atoms with Gasteiger partial charge in [-0.05, 0) is 17.5 Å². The second-order valence-electron chi connectivity index (χ2n) is 6.46. The fourth-order valence-electron chi connectivity index (χ4n) is 2.77. The maximum atomic E-state index is 12.9. The molecule has 31 heavy (non-hydrogen) atoms. The number of nitrogen functional groups attached to an aromatic ring is 1. The maximum Gasteiger partial charge on any atom is 0.360 e. The van der Waals surface area contributed by atoms with Crippen molar-refractivity contribution in [2.24, 2.45) is 5.16 Å². The highest BCUT2D eigenvalue weighted by molar-refractivity contribution is 7.13. The summed E-state index contributed by atoms with van der Waals surface area (Å²) in [5.74, 6) is -2.01. The van der Waals surface area contributed by atoms with Crippen LogP contribution < -0.4 is 5.73 Å². The first-order chi connectivity index (χ1) is 15.0. The monoisotopic (exact) mass is 439 g/mol. The van der Waals surface area contributed by atoms with Crippen LogP contribution >= 0.6 is 11.3 Å². The Morgan fingerprint density at radius 2 is 1.68 bits per heavy atom. The van der Waals surface area contributed by atoms with E-state index in [2.05, 4.69) is 10.1 Å². The third-order valence-electron chi connectivity index (χ3n) is 4.31. The average molecular weight is 439 g/mol.